The topological polar surface area (TPSA) is 80.9 Å². The van der Waals surface area contributed by atoms with Gasteiger partial charge in [-0.25, -0.2) is 0 Å². The second kappa shape index (κ2) is 9.83. The minimum Gasteiger partial charge on any atom is -0.493 e. The Morgan fingerprint density at radius 2 is 1.96 bits per heavy atom. The molecule has 0 saturated carbocycles. The summed E-state index contributed by atoms with van der Waals surface area (Å²) in [6, 6.07) is 3.77. The lowest BCUT2D eigenvalue weighted by molar-refractivity contribution is -0.0512. The molecule has 1 amide bonds. The van der Waals surface area contributed by atoms with Crippen molar-refractivity contribution in [3.8, 4) is 11.5 Å². The highest BCUT2D eigenvalue weighted by Gasteiger charge is 2.14. The van der Waals surface area contributed by atoms with Gasteiger partial charge in [0.2, 0.25) is 0 Å². The highest BCUT2D eigenvalue weighted by atomic mass is 32.1. The average Bonchev–Trinajstić information content (AvgIpc) is 2.52. The fourth-order valence-corrected chi connectivity index (χ4v) is 1.99. The zero-order valence-electron chi connectivity index (χ0n) is 13.4. The van der Waals surface area contributed by atoms with Crippen molar-refractivity contribution in [3.05, 3.63) is 23.8 Å². The van der Waals surface area contributed by atoms with Crippen LogP contribution >= 0.6 is 12.2 Å². The molecular formula is C14H19F2N3O4S. The van der Waals surface area contributed by atoms with Gasteiger partial charge in [-0.3, -0.25) is 15.6 Å². The Morgan fingerprint density at radius 1 is 1.25 bits per heavy atom. The molecule has 0 fully saturated rings. The Balaban J connectivity index is 2.63. The number of hydrazine groups is 1. The van der Waals surface area contributed by atoms with Crippen LogP contribution in [0, 0.1) is 0 Å². The number of rotatable bonds is 7. The van der Waals surface area contributed by atoms with Gasteiger partial charge >= 0.3 is 6.61 Å². The molecule has 0 aliphatic carbocycles. The molecule has 0 unspecified atom stereocenters. The van der Waals surface area contributed by atoms with Crippen LogP contribution in [-0.2, 0) is 4.74 Å². The molecule has 0 heterocycles. The summed E-state index contributed by atoms with van der Waals surface area (Å²) < 4.78 is 38.7. The van der Waals surface area contributed by atoms with Crippen molar-refractivity contribution in [1.29, 1.82) is 0 Å². The maximum absolute atomic E-state index is 12.3. The monoisotopic (exact) mass is 363 g/mol. The third-order valence-electron chi connectivity index (χ3n) is 2.73. The Morgan fingerprint density at radius 3 is 2.54 bits per heavy atom. The maximum atomic E-state index is 12.3. The van der Waals surface area contributed by atoms with Gasteiger partial charge in [0.05, 0.1) is 13.7 Å². The van der Waals surface area contributed by atoms with Gasteiger partial charge < -0.3 is 19.5 Å². The van der Waals surface area contributed by atoms with E-state index in [9.17, 15) is 13.6 Å². The van der Waals surface area contributed by atoms with Gasteiger partial charge in [0, 0.05) is 18.7 Å². The summed E-state index contributed by atoms with van der Waals surface area (Å²) in [6.07, 6.45) is 0. The lowest BCUT2D eigenvalue weighted by atomic mass is 10.2. The third kappa shape index (κ3) is 6.50. The highest BCUT2D eigenvalue weighted by molar-refractivity contribution is 7.80. The van der Waals surface area contributed by atoms with Gasteiger partial charge in [-0.05, 0) is 37.3 Å². The molecular weight excluding hydrogens is 344 g/mol. The van der Waals surface area contributed by atoms with Crippen molar-refractivity contribution >= 4 is 23.2 Å². The number of carbonyl (C=O) groups is 1. The summed E-state index contributed by atoms with van der Waals surface area (Å²) in [5.41, 5.74) is 5.08. The van der Waals surface area contributed by atoms with Crippen LogP contribution in [0.5, 0.6) is 11.5 Å². The molecule has 24 heavy (non-hydrogen) atoms. The fraction of sp³-hybridized carbons (Fsp3) is 0.429. The normalized spacial score (nSPS) is 11.6. The van der Waals surface area contributed by atoms with Crippen molar-refractivity contribution < 1.29 is 27.8 Å². The number of amides is 1. The van der Waals surface area contributed by atoms with Gasteiger partial charge in [-0.2, -0.15) is 8.78 Å². The number of ether oxygens (including phenoxy) is 3. The van der Waals surface area contributed by atoms with E-state index in [1.54, 1.807) is 7.11 Å². The highest BCUT2D eigenvalue weighted by Crippen LogP contribution is 2.29. The molecule has 134 valence electrons. The first-order valence-electron chi connectivity index (χ1n) is 6.86. The van der Waals surface area contributed by atoms with E-state index in [-0.39, 0.29) is 28.2 Å². The summed E-state index contributed by atoms with van der Waals surface area (Å²) in [7, 11) is 2.84. The zero-order chi connectivity index (χ0) is 18.1. The second-order valence-corrected chi connectivity index (χ2v) is 5.06. The molecule has 0 radical (unpaired) electrons. The van der Waals surface area contributed by atoms with Crippen LogP contribution in [-0.4, -0.2) is 44.5 Å². The standard InChI is InChI=1S/C14H19F2N3O4S/c1-8(7-21-2)17-14(24)19-18-12(20)9-4-5-10(23-13(15)16)11(6-9)22-3/h4-6,8,13H,7H2,1-3H3,(H,18,20)(H2,17,19,24)/t8-/m1/s1. The van der Waals surface area contributed by atoms with E-state index in [1.807, 2.05) is 6.92 Å². The predicted molar refractivity (Wildman–Crippen MR) is 87.3 cm³/mol. The number of nitrogens with one attached hydrogen (secondary N) is 3. The lowest BCUT2D eigenvalue weighted by Gasteiger charge is -2.16. The van der Waals surface area contributed by atoms with Crippen LogP contribution < -0.4 is 25.6 Å². The van der Waals surface area contributed by atoms with E-state index in [2.05, 4.69) is 20.9 Å². The molecule has 0 spiro atoms. The molecule has 0 aromatic heterocycles. The number of hydrogen-bond acceptors (Lipinski definition) is 5. The molecule has 0 aliphatic rings. The summed E-state index contributed by atoms with van der Waals surface area (Å²) in [5.74, 6) is -0.680. The second-order valence-electron chi connectivity index (χ2n) is 4.65. The molecule has 1 aromatic rings. The van der Waals surface area contributed by atoms with Crippen molar-refractivity contribution in [2.24, 2.45) is 0 Å². The van der Waals surface area contributed by atoms with Crippen LogP contribution in [0.4, 0.5) is 8.78 Å². The van der Waals surface area contributed by atoms with Gasteiger partial charge in [0.15, 0.2) is 16.6 Å². The molecule has 1 aromatic carbocycles. The first-order chi connectivity index (χ1) is 11.4. The zero-order valence-corrected chi connectivity index (χ0v) is 14.2. The quantitative estimate of drug-likeness (QED) is 0.500. The predicted octanol–water partition coefficient (Wildman–Crippen LogP) is 1.44. The Hall–Kier alpha value is -2.20. The smallest absolute Gasteiger partial charge is 0.387 e. The summed E-state index contributed by atoms with van der Waals surface area (Å²) in [4.78, 5) is 12.0. The van der Waals surface area contributed by atoms with Crippen LogP contribution in [0.2, 0.25) is 0 Å². The molecule has 10 heteroatoms. The maximum Gasteiger partial charge on any atom is 0.387 e. The number of thiocarbonyl (C=S) groups is 1. The van der Waals surface area contributed by atoms with Crippen LogP contribution in [0.25, 0.3) is 0 Å². The minimum atomic E-state index is -2.99. The lowest BCUT2D eigenvalue weighted by Crippen LogP contribution is -2.49. The molecule has 0 saturated heterocycles. The van der Waals surface area contributed by atoms with Crippen molar-refractivity contribution in [2.75, 3.05) is 20.8 Å². The number of methoxy groups -OCH3 is 2. The van der Waals surface area contributed by atoms with Crippen LogP contribution in [0.15, 0.2) is 18.2 Å². The number of halogens is 2. The van der Waals surface area contributed by atoms with Crippen molar-refractivity contribution in [3.63, 3.8) is 0 Å². The largest absolute Gasteiger partial charge is 0.493 e. The van der Waals surface area contributed by atoms with E-state index in [4.69, 9.17) is 21.7 Å². The number of alkyl halides is 2. The summed E-state index contributed by atoms with van der Waals surface area (Å²) in [5, 5.41) is 3.10. The molecule has 1 rings (SSSR count). The van der Waals surface area contributed by atoms with E-state index >= 15 is 0 Å². The van der Waals surface area contributed by atoms with Gasteiger partial charge in [-0.1, -0.05) is 0 Å². The SMILES string of the molecule is COC[C@@H](C)NC(=S)NNC(=O)c1ccc(OC(F)F)c(OC)c1. The summed E-state index contributed by atoms with van der Waals surface area (Å²) in [6.45, 7) is -0.692. The Bertz CT molecular complexity index is 575. The molecule has 0 aliphatic heterocycles. The van der Waals surface area contributed by atoms with E-state index < -0.39 is 12.5 Å². The molecule has 1 atom stereocenters. The number of carbonyl (C=O) groups excluding carboxylic acids is 1. The minimum absolute atomic E-state index is 0.0115. The van der Waals surface area contributed by atoms with E-state index in [0.717, 1.165) is 0 Å². The molecule has 7 nitrogen and oxygen atoms in total. The van der Waals surface area contributed by atoms with Crippen LogP contribution in [0.3, 0.4) is 0 Å². The molecule has 3 N–H and O–H groups in total. The van der Waals surface area contributed by atoms with Crippen molar-refractivity contribution in [2.45, 2.75) is 19.6 Å². The first kappa shape index (κ1) is 19.8. The average molecular weight is 363 g/mol. The molecule has 0 bridgehead atoms. The number of hydrogen-bond donors (Lipinski definition) is 3. The first-order valence-corrected chi connectivity index (χ1v) is 7.26. The van der Waals surface area contributed by atoms with Crippen LogP contribution in [0.1, 0.15) is 17.3 Å². The Labute approximate surface area is 143 Å². The van der Waals surface area contributed by atoms with Gasteiger partial charge in [-0.15, -0.1) is 0 Å². The van der Waals surface area contributed by atoms with Gasteiger partial charge in [0.25, 0.3) is 5.91 Å². The summed E-state index contributed by atoms with van der Waals surface area (Å²) >= 11 is 5.01. The number of benzene rings is 1. The Kier molecular flexibility index (Phi) is 8.13. The van der Waals surface area contributed by atoms with E-state index in [1.165, 1.54) is 25.3 Å². The third-order valence-corrected chi connectivity index (χ3v) is 2.95. The van der Waals surface area contributed by atoms with Gasteiger partial charge in [0.1, 0.15) is 0 Å². The van der Waals surface area contributed by atoms with Crippen molar-refractivity contribution in [1.82, 2.24) is 16.2 Å². The fourth-order valence-electron chi connectivity index (χ4n) is 1.74. The van der Waals surface area contributed by atoms with E-state index in [0.29, 0.717) is 6.61 Å².